The molecular formula is C21H22N2. The smallest absolute Gasteiger partial charge is 0.0725 e. The Kier molecular flexibility index (Phi) is 3.53. The summed E-state index contributed by atoms with van der Waals surface area (Å²) in [6.07, 6.45) is 3.40. The SMILES string of the molecule is Cc1ccc2[nH]c3c(c2c1)CCC/C3=N\[C@@H](C)c1ccccc1. The molecule has 2 aromatic carbocycles. The maximum Gasteiger partial charge on any atom is 0.0725 e. The van der Waals surface area contributed by atoms with Gasteiger partial charge in [0, 0.05) is 10.9 Å². The Labute approximate surface area is 137 Å². The van der Waals surface area contributed by atoms with Crippen molar-refractivity contribution in [3.63, 3.8) is 0 Å². The Bertz CT molecular complexity index is 871. The van der Waals surface area contributed by atoms with Crippen LogP contribution < -0.4 is 0 Å². The van der Waals surface area contributed by atoms with E-state index in [4.69, 9.17) is 4.99 Å². The molecule has 1 aliphatic rings. The molecule has 1 heterocycles. The fourth-order valence-corrected chi connectivity index (χ4v) is 3.59. The van der Waals surface area contributed by atoms with Crippen molar-refractivity contribution in [2.24, 2.45) is 4.99 Å². The van der Waals surface area contributed by atoms with Crippen LogP contribution >= 0.6 is 0 Å². The number of fused-ring (bicyclic) bond motifs is 3. The van der Waals surface area contributed by atoms with Crippen molar-refractivity contribution in [2.45, 2.75) is 39.2 Å². The van der Waals surface area contributed by atoms with Crippen molar-refractivity contribution < 1.29 is 0 Å². The zero-order valence-electron chi connectivity index (χ0n) is 13.8. The minimum absolute atomic E-state index is 0.199. The van der Waals surface area contributed by atoms with Crippen molar-refractivity contribution >= 4 is 16.6 Å². The second-order valence-electron chi connectivity index (χ2n) is 6.54. The topological polar surface area (TPSA) is 28.1 Å². The zero-order valence-corrected chi connectivity index (χ0v) is 13.8. The van der Waals surface area contributed by atoms with Crippen LogP contribution in [-0.2, 0) is 6.42 Å². The largest absolute Gasteiger partial charge is 0.353 e. The van der Waals surface area contributed by atoms with Gasteiger partial charge in [0.25, 0.3) is 0 Å². The lowest BCUT2D eigenvalue weighted by molar-refractivity contribution is 0.784. The highest BCUT2D eigenvalue weighted by molar-refractivity contribution is 6.06. The number of hydrogen-bond donors (Lipinski definition) is 1. The van der Waals surface area contributed by atoms with Gasteiger partial charge in [-0.3, -0.25) is 4.99 Å². The average molecular weight is 302 g/mol. The van der Waals surface area contributed by atoms with Crippen molar-refractivity contribution in [2.75, 3.05) is 0 Å². The monoisotopic (exact) mass is 302 g/mol. The van der Waals surface area contributed by atoms with Crippen LogP contribution in [0.25, 0.3) is 10.9 Å². The van der Waals surface area contributed by atoms with E-state index in [1.54, 1.807) is 0 Å². The molecule has 0 fully saturated rings. The molecule has 0 saturated heterocycles. The van der Waals surface area contributed by atoms with Gasteiger partial charge in [0.1, 0.15) is 0 Å². The van der Waals surface area contributed by atoms with Crippen LogP contribution in [0.4, 0.5) is 0 Å². The third-order valence-corrected chi connectivity index (χ3v) is 4.82. The standard InChI is InChI=1S/C21H22N2/c1-14-11-12-19-18(13-14)17-9-6-10-20(21(17)23-19)22-15(2)16-7-4-3-5-8-16/h3-5,7-8,11-13,15,23H,6,9-10H2,1-2H3/b22-20+/t15-/m0/s1. The van der Waals surface area contributed by atoms with Crippen molar-refractivity contribution in [1.29, 1.82) is 0 Å². The van der Waals surface area contributed by atoms with Crippen LogP contribution in [0.5, 0.6) is 0 Å². The molecule has 1 atom stereocenters. The molecule has 2 nitrogen and oxygen atoms in total. The first kappa shape index (κ1) is 14.3. The lowest BCUT2D eigenvalue weighted by Crippen LogP contribution is -2.12. The highest BCUT2D eigenvalue weighted by atomic mass is 14.8. The van der Waals surface area contributed by atoms with Gasteiger partial charge < -0.3 is 4.98 Å². The van der Waals surface area contributed by atoms with Gasteiger partial charge in [0.05, 0.1) is 17.4 Å². The average Bonchev–Trinajstić information content (AvgIpc) is 2.95. The Morgan fingerprint density at radius 2 is 1.87 bits per heavy atom. The summed E-state index contributed by atoms with van der Waals surface area (Å²) in [5, 5.41) is 1.37. The summed E-state index contributed by atoms with van der Waals surface area (Å²) in [6.45, 7) is 4.34. The minimum atomic E-state index is 0.199. The van der Waals surface area contributed by atoms with E-state index in [2.05, 4.69) is 67.4 Å². The van der Waals surface area contributed by atoms with Crippen LogP contribution in [0.15, 0.2) is 53.5 Å². The van der Waals surface area contributed by atoms with Gasteiger partial charge in [-0.05, 0) is 56.4 Å². The van der Waals surface area contributed by atoms with E-state index in [1.165, 1.54) is 45.4 Å². The second kappa shape index (κ2) is 5.69. The molecule has 1 aliphatic carbocycles. The first-order valence-electron chi connectivity index (χ1n) is 8.45. The normalized spacial score (nSPS) is 17.4. The fraction of sp³-hybridized carbons (Fsp3) is 0.286. The van der Waals surface area contributed by atoms with Crippen molar-refractivity contribution in [3.05, 3.63) is 70.9 Å². The number of aromatic amines is 1. The maximum atomic E-state index is 5.05. The number of aromatic nitrogens is 1. The summed E-state index contributed by atoms with van der Waals surface area (Å²) >= 11 is 0. The van der Waals surface area contributed by atoms with E-state index in [0.29, 0.717) is 0 Å². The van der Waals surface area contributed by atoms with Crippen LogP contribution in [-0.4, -0.2) is 10.7 Å². The molecule has 2 heteroatoms. The molecule has 0 amide bonds. The summed E-state index contributed by atoms with van der Waals surface area (Å²) in [5.74, 6) is 0. The lowest BCUT2D eigenvalue weighted by Gasteiger charge is -2.17. The quantitative estimate of drug-likeness (QED) is 0.660. The summed E-state index contributed by atoms with van der Waals surface area (Å²) in [4.78, 5) is 8.67. The molecule has 0 spiro atoms. The summed E-state index contributed by atoms with van der Waals surface area (Å²) in [6, 6.07) is 17.4. The van der Waals surface area contributed by atoms with Gasteiger partial charge in [0.2, 0.25) is 0 Å². The molecule has 1 aromatic heterocycles. The number of aryl methyl sites for hydroxylation is 2. The van der Waals surface area contributed by atoms with Crippen molar-refractivity contribution in [1.82, 2.24) is 4.98 Å². The minimum Gasteiger partial charge on any atom is -0.353 e. The van der Waals surface area contributed by atoms with E-state index in [-0.39, 0.29) is 6.04 Å². The third-order valence-electron chi connectivity index (χ3n) is 4.82. The highest BCUT2D eigenvalue weighted by Crippen LogP contribution is 2.31. The van der Waals surface area contributed by atoms with E-state index in [9.17, 15) is 0 Å². The van der Waals surface area contributed by atoms with E-state index in [1.807, 2.05) is 0 Å². The number of nitrogens with one attached hydrogen (secondary N) is 1. The number of H-pyrrole nitrogens is 1. The molecule has 0 saturated carbocycles. The first-order chi connectivity index (χ1) is 11.2. The van der Waals surface area contributed by atoms with Gasteiger partial charge in [-0.2, -0.15) is 0 Å². The third kappa shape index (κ3) is 2.59. The summed E-state index contributed by atoms with van der Waals surface area (Å²) < 4.78 is 0. The van der Waals surface area contributed by atoms with E-state index in [0.717, 1.165) is 12.8 Å². The fourth-order valence-electron chi connectivity index (χ4n) is 3.59. The molecule has 0 aliphatic heterocycles. The predicted molar refractivity (Wildman–Crippen MR) is 97.4 cm³/mol. The van der Waals surface area contributed by atoms with Crippen LogP contribution in [0, 0.1) is 6.92 Å². The van der Waals surface area contributed by atoms with Crippen LogP contribution in [0.1, 0.15) is 48.2 Å². The lowest BCUT2D eigenvalue weighted by atomic mass is 9.93. The van der Waals surface area contributed by atoms with Crippen LogP contribution in [0.3, 0.4) is 0 Å². The highest BCUT2D eigenvalue weighted by Gasteiger charge is 2.21. The maximum absolute atomic E-state index is 5.05. The van der Waals surface area contributed by atoms with Gasteiger partial charge in [-0.15, -0.1) is 0 Å². The Hall–Kier alpha value is -2.35. The molecule has 3 aromatic rings. The van der Waals surface area contributed by atoms with Crippen molar-refractivity contribution in [3.8, 4) is 0 Å². The van der Waals surface area contributed by atoms with Gasteiger partial charge in [-0.25, -0.2) is 0 Å². The predicted octanol–water partition coefficient (Wildman–Crippen LogP) is 5.36. The molecule has 0 unspecified atom stereocenters. The van der Waals surface area contributed by atoms with Gasteiger partial charge >= 0.3 is 0 Å². The molecule has 4 rings (SSSR count). The molecule has 0 radical (unpaired) electrons. The van der Waals surface area contributed by atoms with Gasteiger partial charge in [-0.1, -0.05) is 42.0 Å². The molecule has 116 valence electrons. The number of aliphatic imine (C=N–C) groups is 1. The molecule has 23 heavy (non-hydrogen) atoms. The van der Waals surface area contributed by atoms with Gasteiger partial charge in [0.15, 0.2) is 0 Å². The number of nitrogens with zero attached hydrogens (tertiary/aromatic N) is 1. The first-order valence-corrected chi connectivity index (χ1v) is 8.45. The van der Waals surface area contributed by atoms with E-state index < -0.39 is 0 Å². The summed E-state index contributed by atoms with van der Waals surface area (Å²) in [5.41, 5.74) is 7.78. The molecule has 1 N–H and O–H groups in total. The van der Waals surface area contributed by atoms with E-state index >= 15 is 0 Å². The Balaban J connectivity index is 1.78. The molecular weight excluding hydrogens is 280 g/mol. The number of benzene rings is 2. The zero-order chi connectivity index (χ0) is 15.8. The number of hydrogen-bond acceptors (Lipinski definition) is 1. The number of rotatable bonds is 2. The van der Waals surface area contributed by atoms with Crippen LogP contribution in [0.2, 0.25) is 0 Å². The Morgan fingerprint density at radius 3 is 2.70 bits per heavy atom. The Morgan fingerprint density at radius 1 is 1.04 bits per heavy atom. The second-order valence-corrected chi connectivity index (χ2v) is 6.54. The molecule has 0 bridgehead atoms. The summed E-state index contributed by atoms with van der Waals surface area (Å²) in [7, 11) is 0.